The molecule has 4 nitrogen and oxygen atoms in total. The number of aryl methyl sites for hydroxylation is 2. The van der Waals surface area contributed by atoms with Crippen LogP contribution in [0.4, 0.5) is 0 Å². The third-order valence-corrected chi connectivity index (χ3v) is 1.65. The van der Waals surface area contributed by atoms with Gasteiger partial charge in [-0.15, -0.1) is 0 Å². The molecule has 12 heavy (non-hydrogen) atoms. The van der Waals surface area contributed by atoms with Gasteiger partial charge in [0.25, 0.3) is 0 Å². The van der Waals surface area contributed by atoms with Crippen molar-refractivity contribution < 1.29 is 4.79 Å². The lowest BCUT2D eigenvalue weighted by molar-refractivity contribution is 0.0979. The highest BCUT2D eigenvalue weighted by Crippen LogP contribution is 2.06. The van der Waals surface area contributed by atoms with Crippen LogP contribution in [0.3, 0.4) is 0 Å². The van der Waals surface area contributed by atoms with E-state index in [1.54, 1.807) is 11.7 Å². The van der Waals surface area contributed by atoms with E-state index in [0.717, 1.165) is 5.56 Å². The maximum Gasteiger partial charge on any atom is 0.184 e. The molecule has 0 saturated carbocycles. The molecule has 1 aromatic rings. The van der Waals surface area contributed by atoms with E-state index in [1.807, 2.05) is 13.1 Å². The van der Waals surface area contributed by atoms with Gasteiger partial charge in [-0.1, -0.05) is 0 Å². The maximum atomic E-state index is 11.3. The van der Waals surface area contributed by atoms with E-state index in [1.165, 1.54) is 0 Å². The first kappa shape index (κ1) is 8.93. The van der Waals surface area contributed by atoms with Crippen molar-refractivity contribution in [2.45, 2.75) is 13.3 Å². The summed E-state index contributed by atoms with van der Waals surface area (Å²) in [7, 11) is 1.80. The Morgan fingerprint density at radius 2 is 2.42 bits per heavy atom. The van der Waals surface area contributed by atoms with Crippen molar-refractivity contribution in [3.63, 3.8) is 0 Å². The highest BCUT2D eigenvalue weighted by Gasteiger charge is 2.11. The number of aromatic nitrogens is 2. The lowest BCUT2D eigenvalue weighted by Gasteiger charge is -1.93. The summed E-state index contributed by atoms with van der Waals surface area (Å²) in [6.45, 7) is 2.26. The number of nitrogens with zero attached hydrogens (tertiary/aromatic N) is 2. The van der Waals surface area contributed by atoms with Gasteiger partial charge in [-0.25, -0.2) is 0 Å². The van der Waals surface area contributed by atoms with Gasteiger partial charge >= 0.3 is 0 Å². The van der Waals surface area contributed by atoms with Gasteiger partial charge in [0, 0.05) is 19.7 Å². The fourth-order valence-corrected chi connectivity index (χ4v) is 1.13. The molecule has 4 heteroatoms. The molecule has 0 fully saturated rings. The van der Waals surface area contributed by atoms with Gasteiger partial charge in [-0.3, -0.25) is 9.48 Å². The molecular weight excluding hydrogens is 154 g/mol. The van der Waals surface area contributed by atoms with Crippen molar-refractivity contribution in [1.29, 1.82) is 0 Å². The number of Topliss-reactive ketones (excluding diaryl/α,β-unsaturated/α-hetero) is 1. The smallest absolute Gasteiger partial charge is 0.184 e. The molecule has 0 radical (unpaired) electrons. The number of rotatable bonds is 3. The second-order valence-corrected chi connectivity index (χ2v) is 2.80. The van der Waals surface area contributed by atoms with E-state index >= 15 is 0 Å². The van der Waals surface area contributed by atoms with Gasteiger partial charge in [0.05, 0.1) is 0 Å². The number of carbonyl (C=O) groups is 1. The van der Waals surface area contributed by atoms with Crippen LogP contribution in [0.2, 0.25) is 0 Å². The van der Waals surface area contributed by atoms with Crippen LogP contribution in [-0.2, 0) is 7.05 Å². The van der Waals surface area contributed by atoms with Crippen molar-refractivity contribution in [2.75, 3.05) is 6.54 Å². The summed E-state index contributed by atoms with van der Waals surface area (Å²) < 4.78 is 1.64. The van der Waals surface area contributed by atoms with E-state index < -0.39 is 0 Å². The normalized spacial score (nSPS) is 10.2. The Labute approximate surface area is 71.4 Å². The predicted octanol–water partition coefficient (Wildman–Crippen LogP) is 0.260. The Hall–Kier alpha value is -1.16. The van der Waals surface area contributed by atoms with Crippen LogP contribution in [0.15, 0.2) is 6.20 Å². The van der Waals surface area contributed by atoms with Crippen LogP contribution in [0, 0.1) is 6.92 Å². The topological polar surface area (TPSA) is 60.9 Å². The second kappa shape index (κ2) is 3.49. The molecule has 1 aromatic heterocycles. The molecule has 0 spiro atoms. The molecule has 0 aliphatic rings. The highest BCUT2D eigenvalue weighted by molar-refractivity contribution is 5.95. The average molecular weight is 167 g/mol. The number of hydrogen-bond acceptors (Lipinski definition) is 3. The van der Waals surface area contributed by atoms with Gasteiger partial charge < -0.3 is 5.73 Å². The molecule has 0 saturated heterocycles. The zero-order chi connectivity index (χ0) is 9.14. The van der Waals surface area contributed by atoms with Crippen LogP contribution >= 0.6 is 0 Å². The van der Waals surface area contributed by atoms with Crippen LogP contribution in [0.1, 0.15) is 22.5 Å². The number of ketones is 1. The molecule has 1 heterocycles. The van der Waals surface area contributed by atoms with Gasteiger partial charge in [0.15, 0.2) is 5.78 Å². The van der Waals surface area contributed by atoms with E-state index in [9.17, 15) is 4.79 Å². The molecule has 66 valence electrons. The standard InChI is InChI=1S/C8H13N3O/c1-6-5-11(2)10-8(6)7(12)3-4-9/h5H,3-4,9H2,1-2H3. The van der Waals surface area contributed by atoms with E-state index in [0.29, 0.717) is 18.7 Å². The summed E-state index contributed by atoms with van der Waals surface area (Å²) >= 11 is 0. The fraction of sp³-hybridized carbons (Fsp3) is 0.500. The Kier molecular flexibility index (Phi) is 2.60. The molecule has 2 N–H and O–H groups in total. The van der Waals surface area contributed by atoms with Gasteiger partial charge in [0.1, 0.15) is 5.69 Å². The lowest BCUT2D eigenvalue weighted by atomic mass is 10.1. The average Bonchev–Trinajstić information content (AvgIpc) is 2.30. The van der Waals surface area contributed by atoms with E-state index in [-0.39, 0.29) is 5.78 Å². The Morgan fingerprint density at radius 3 is 2.83 bits per heavy atom. The first-order valence-electron chi connectivity index (χ1n) is 3.88. The quantitative estimate of drug-likeness (QED) is 0.657. The predicted molar refractivity (Wildman–Crippen MR) is 45.9 cm³/mol. The monoisotopic (exact) mass is 167 g/mol. The van der Waals surface area contributed by atoms with Crippen molar-refractivity contribution in [3.8, 4) is 0 Å². The number of carbonyl (C=O) groups excluding carboxylic acids is 1. The van der Waals surface area contributed by atoms with Crippen molar-refractivity contribution >= 4 is 5.78 Å². The molecule has 0 aliphatic heterocycles. The third kappa shape index (κ3) is 1.71. The summed E-state index contributed by atoms with van der Waals surface area (Å²) in [5.41, 5.74) is 6.73. The summed E-state index contributed by atoms with van der Waals surface area (Å²) in [5, 5.41) is 4.04. The Balaban J connectivity index is 2.87. The molecule has 0 unspecified atom stereocenters. The maximum absolute atomic E-state index is 11.3. The van der Waals surface area contributed by atoms with Crippen LogP contribution in [0.5, 0.6) is 0 Å². The van der Waals surface area contributed by atoms with Crippen molar-refractivity contribution in [3.05, 3.63) is 17.5 Å². The SMILES string of the molecule is Cc1cn(C)nc1C(=O)CCN. The van der Waals surface area contributed by atoms with Crippen LogP contribution < -0.4 is 5.73 Å². The molecule has 0 amide bonds. The van der Waals surface area contributed by atoms with E-state index in [4.69, 9.17) is 5.73 Å². The second-order valence-electron chi connectivity index (χ2n) is 2.80. The van der Waals surface area contributed by atoms with Gasteiger partial charge in [-0.05, 0) is 19.0 Å². The van der Waals surface area contributed by atoms with Crippen molar-refractivity contribution in [1.82, 2.24) is 9.78 Å². The summed E-state index contributed by atoms with van der Waals surface area (Å²) in [6, 6.07) is 0. The minimum atomic E-state index is 0.0237. The largest absolute Gasteiger partial charge is 0.330 e. The van der Waals surface area contributed by atoms with Crippen molar-refractivity contribution in [2.24, 2.45) is 12.8 Å². The minimum absolute atomic E-state index is 0.0237. The first-order chi connectivity index (χ1) is 5.65. The Morgan fingerprint density at radius 1 is 1.75 bits per heavy atom. The van der Waals surface area contributed by atoms with Crippen LogP contribution in [-0.4, -0.2) is 22.1 Å². The zero-order valence-electron chi connectivity index (χ0n) is 7.37. The number of nitrogens with two attached hydrogens (primary N) is 1. The summed E-state index contributed by atoms with van der Waals surface area (Å²) in [4.78, 5) is 11.3. The van der Waals surface area contributed by atoms with Gasteiger partial charge in [-0.2, -0.15) is 5.10 Å². The lowest BCUT2D eigenvalue weighted by Crippen LogP contribution is -2.09. The van der Waals surface area contributed by atoms with E-state index in [2.05, 4.69) is 5.10 Å². The number of hydrogen-bond donors (Lipinski definition) is 1. The molecule has 0 aliphatic carbocycles. The molecule has 0 aromatic carbocycles. The first-order valence-corrected chi connectivity index (χ1v) is 3.88. The summed E-state index contributed by atoms with van der Waals surface area (Å²) in [5.74, 6) is 0.0237. The molecule has 1 rings (SSSR count). The third-order valence-electron chi connectivity index (χ3n) is 1.65. The van der Waals surface area contributed by atoms with Gasteiger partial charge in [0.2, 0.25) is 0 Å². The minimum Gasteiger partial charge on any atom is -0.330 e. The summed E-state index contributed by atoms with van der Waals surface area (Å²) in [6.07, 6.45) is 2.20. The highest BCUT2D eigenvalue weighted by atomic mass is 16.1. The molecule has 0 bridgehead atoms. The molecule has 0 atom stereocenters. The Bertz CT molecular complexity index is 290. The zero-order valence-corrected chi connectivity index (χ0v) is 7.37. The molecular formula is C8H13N3O. The van der Waals surface area contributed by atoms with Crippen LogP contribution in [0.25, 0.3) is 0 Å². The fourth-order valence-electron chi connectivity index (χ4n) is 1.13.